The van der Waals surface area contributed by atoms with Gasteiger partial charge in [0.2, 0.25) is 0 Å². The molecule has 2 aromatic rings. The SMILES string of the molecule is COCCNCc1nnc(-c2ccc(I)cc2)s1. The molecule has 1 N–H and O–H groups in total. The molecule has 0 aliphatic rings. The molecule has 2 rings (SSSR count). The van der Waals surface area contributed by atoms with Crippen LogP contribution in [0.25, 0.3) is 10.6 Å². The number of halogens is 1. The molecular formula is C12H14IN3OS. The van der Waals surface area contributed by atoms with Crippen molar-refractivity contribution in [3.63, 3.8) is 0 Å². The maximum Gasteiger partial charge on any atom is 0.147 e. The third kappa shape index (κ3) is 3.98. The van der Waals surface area contributed by atoms with Gasteiger partial charge in [0.05, 0.1) is 6.61 Å². The lowest BCUT2D eigenvalue weighted by atomic mass is 10.2. The van der Waals surface area contributed by atoms with E-state index in [1.165, 1.54) is 3.57 Å². The maximum atomic E-state index is 4.97. The molecule has 0 aliphatic heterocycles. The molecule has 0 atom stereocenters. The molecule has 1 aromatic heterocycles. The van der Waals surface area contributed by atoms with E-state index in [4.69, 9.17) is 4.74 Å². The highest BCUT2D eigenvalue weighted by atomic mass is 127. The number of hydrogen-bond donors (Lipinski definition) is 1. The third-order valence-corrected chi connectivity index (χ3v) is 4.01. The van der Waals surface area contributed by atoms with Crippen LogP contribution in [0.1, 0.15) is 5.01 Å². The second-order valence-corrected chi connectivity index (χ2v) is 5.99. The fourth-order valence-electron chi connectivity index (χ4n) is 1.40. The Balaban J connectivity index is 1.95. The van der Waals surface area contributed by atoms with Crippen molar-refractivity contribution in [1.29, 1.82) is 0 Å². The van der Waals surface area contributed by atoms with Crippen LogP contribution in [0.15, 0.2) is 24.3 Å². The molecule has 0 amide bonds. The molecule has 0 bridgehead atoms. The van der Waals surface area contributed by atoms with E-state index in [9.17, 15) is 0 Å². The number of nitrogens with one attached hydrogen (secondary N) is 1. The summed E-state index contributed by atoms with van der Waals surface area (Å²) in [6.45, 7) is 2.28. The lowest BCUT2D eigenvalue weighted by Crippen LogP contribution is -2.18. The van der Waals surface area contributed by atoms with Gasteiger partial charge in [-0.15, -0.1) is 10.2 Å². The second kappa shape index (κ2) is 7.13. The van der Waals surface area contributed by atoms with Crippen molar-refractivity contribution in [2.24, 2.45) is 0 Å². The Morgan fingerprint density at radius 3 is 2.78 bits per heavy atom. The van der Waals surface area contributed by atoms with E-state index in [0.29, 0.717) is 6.61 Å². The van der Waals surface area contributed by atoms with Crippen LogP contribution in [-0.2, 0) is 11.3 Å². The molecular weight excluding hydrogens is 361 g/mol. The van der Waals surface area contributed by atoms with Crippen molar-refractivity contribution in [3.05, 3.63) is 32.8 Å². The quantitative estimate of drug-likeness (QED) is 0.623. The van der Waals surface area contributed by atoms with Crippen LogP contribution in [-0.4, -0.2) is 30.5 Å². The largest absolute Gasteiger partial charge is 0.383 e. The molecule has 0 spiro atoms. The summed E-state index contributed by atoms with van der Waals surface area (Å²) >= 11 is 3.91. The fraction of sp³-hybridized carbons (Fsp3) is 0.333. The lowest BCUT2D eigenvalue weighted by molar-refractivity contribution is 0.199. The minimum Gasteiger partial charge on any atom is -0.383 e. The Bertz CT molecular complexity index is 486. The number of rotatable bonds is 6. The van der Waals surface area contributed by atoms with Gasteiger partial charge in [-0.25, -0.2) is 0 Å². The van der Waals surface area contributed by atoms with E-state index in [0.717, 1.165) is 28.7 Å². The van der Waals surface area contributed by atoms with E-state index in [1.54, 1.807) is 18.4 Å². The summed E-state index contributed by atoms with van der Waals surface area (Å²) in [6, 6.07) is 8.30. The molecule has 0 saturated carbocycles. The smallest absolute Gasteiger partial charge is 0.147 e. The van der Waals surface area contributed by atoms with Crippen LogP contribution in [0.5, 0.6) is 0 Å². The Hall–Kier alpha value is -0.570. The van der Waals surface area contributed by atoms with Crippen molar-refractivity contribution in [1.82, 2.24) is 15.5 Å². The highest BCUT2D eigenvalue weighted by molar-refractivity contribution is 14.1. The van der Waals surface area contributed by atoms with Crippen LogP contribution in [0.2, 0.25) is 0 Å². The van der Waals surface area contributed by atoms with Gasteiger partial charge in [-0.3, -0.25) is 0 Å². The van der Waals surface area contributed by atoms with E-state index in [1.807, 2.05) is 0 Å². The molecule has 0 aliphatic carbocycles. The minimum atomic E-state index is 0.711. The van der Waals surface area contributed by atoms with Crippen LogP contribution in [0.3, 0.4) is 0 Å². The van der Waals surface area contributed by atoms with Crippen molar-refractivity contribution < 1.29 is 4.74 Å². The molecule has 6 heteroatoms. The molecule has 1 aromatic carbocycles. The number of nitrogens with zero attached hydrogens (tertiary/aromatic N) is 2. The minimum absolute atomic E-state index is 0.711. The zero-order chi connectivity index (χ0) is 12.8. The van der Waals surface area contributed by atoms with E-state index >= 15 is 0 Å². The zero-order valence-electron chi connectivity index (χ0n) is 10.0. The molecule has 0 radical (unpaired) electrons. The molecule has 0 saturated heterocycles. The summed E-state index contributed by atoms with van der Waals surface area (Å²) in [5.74, 6) is 0. The van der Waals surface area contributed by atoms with Gasteiger partial charge in [0, 0.05) is 29.3 Å². The van der Waals surface area contributed by atoms with Crippen LogP contribution < -0.4 is 5.32 Å². The molecule has 0 fully saturated rings. The number of aromatic nitrogens is 2. The average Bonchev–Trinajstić information content (AvgIpc) is 2.84. The standard InChI is InChI=1S/C12H14IN3OS/c1-17-7-6-14-8-11-15-16-12(18-11)9-2-4-10(13)5-3-9/h2-5,14H,6-8H2,1H3. The van der Waals surface area contributed by atoms with Gasteiger partial charge in [-0.2, -0.15) is 0 Å². The summed E-state index contributed by atoms with van der Waals surface area (Å²) in [5.41, 5.74) is 1.12. The van der Waals surface area contributed by atoms with E-state index in [-0.39, 0.29) is 0 Å². The average molecular weight is 375 g/mol. The molecule has 18 heavy (non-hydrogen) atoms. The lowest BCUT2D eigenvalue weighted by Gasteiger charge is -1.99. The summed E-state index contributed by atoms with van der Waals surface area (Å²) in [5, 5.41) is 13.6. The van der Waals surface area contributed by atoms with Crippen molar-refractivity contribution in [2.45, 2.75) is 6.54 Å². The topological polar surface area (TPSA) is 47.0 Å². The number of hydrogen-bond acceptors (Lipinski definition) is 5. The first-order chi connectivity index (χ1) is 8.79. The Kier molecular flexibility index (Phi) is 5.48. The normalized spacial score (nSPS) is 10.8. The van der Waals surface area contributed by atoms with E-state index in [2.05, 4.69) is 62.4 Å². The first kappa shape index (κ1) is 13.9. The van der Waals surface area contributed by atoms with Gasteiger partial charge in [-0.05, 0) is 34.7 Å². The maximum absolute atomic E-state index is 4.97. The summed E-state index contributed by atoms with van der Waals surface area (Å²) in [7, 11) is 1.70. The number of methoxy groups -OCH3 is 1. The highest BCUT2D eigenvalue weighted by Crippen LogP contribution is 2.23. The van der Waals surface area contributed by atoms with Gasteiger partial charge in [-0.1, -0.05) is 23.5 Å². The predicted octanol–water partition coefficient (Wildman–Crippen LogP) is 2.55. The number of benzene rings is 1. The molecule has 4 nitrogen and oxygen atoms in total. The van der Waals surface area contributed by atoms with Crippen LogP contribution >= 0.6 is 33.9 Å². The van der Waals surface area contributed by atoms with Crippen LogP contribution in [0, 0.1) is 3.57 Å². The Morgan fingerprint density at radius 2 is 2.06 bits per heavy atom. The third-order valence-electron chi connectivity index (χ3n) is 2.32. The second-order valence-electron chi connectivity index (χ2n) is 3.68. The van der Waals surface area contributed by atoms with Gasteiger partial charge in [0.1, 0.15) is 10.0 Å². The van der Waals surface area contributed by atoms with Crippen molar-refractivity contribution >= 4 is 33.9 Å². The van der Waals surface area contributed by atoms with Crippen molar-refractivity contribution in [3.8, 4) is 10.6 Å². The Morgan fingerprint density at radius 1 is 1.28 bits per heavy atom. The predicted molar refractivity (Wildman–Crippen MR) is 81.6 cm³/mol. The van der Waals surface area contributed by atoms with E-state index < -0.39 is 0 Å². The summed E-state index contributed by atoms with van der Waals surface area (Å²) in [6.07, 6.45) is 0. The monoisotopic (exact) mass is 375 g/mol. The first-order valence-electron chi connectivity index (χ1n) is 5.57. The van der Waals surface area contributed by atoms with Gasteiger partial charge in [0.25, 0.3) is 0 Å². The molecule has 0 unspecified atom stereocenters. The molecule has 1 heterocycles. The van der Waals surface area contributed by atoms with Gasteiger partial charge < -0.3 is 10.1 Å². The van der Waals surface area contributed by atoms with Crippen LogP contribution in [0.4, 0.5) is 0 Å². The Labute approximate surface area is 124 Å². The van der Waals surface area contributed by atoms with Gasteiger partial charge in [0.15, 0.2) is 0 Å². The first-order valence-corrected chi connectivity index (χ1v) is 7.47. The summed E-state index contributed by atoms with van der Waals surface area (Å²) < 4.78 is 6.19. The zero-order valence-corrected chi connectivity index (χ0v) is 13.0. The fourth-order valence-corrected chi connectivity index (χ4v) is 2.58. The van der Waals surface area contributed by atoms with Gasteiger partial charge >= 0.3 is 0 Å². The molecule has 96 valence electrons. The summed E-state index contributed by atoms with van der Waals surface area (Å²) in [4.78, 5) is 0. The highest BCUT2D eigenvalue weighted by Gasteiger charge is 2.05. The van der Waals surface area contributed by atoms with Crippen molar-refractivity contribution in [2.75, 3.05) is 20.3 Å². The number of ether oxygens (including phenoxy) is 1.